The summed E-state index contributed by atoms with van der Waals surface area (Å²) >= 11 is 0. The summed E-state index contributed by atoms with van der Waals surface area (Å²) in [5.41, 5.74) is 6.39. The van der Waals surface area contributed by atoms with Crippen LogP contribution in [0.25, 0.3) is 11.1 Å². The van der Waals surface area contributed by atoms with Gasteiger partial charge < -0.3 is 24.4 Å². The highest BCUT2D eigenvalue weighted by atomic mass is 16.6. The van der Waals surface area contributed by atoms with Gasteiger partial charge in [0.2, 0.25) is 0 Å². The summed E-state index contributed by atoms with van der Waals surface area (Å²) in [6.45, 7) is 13.1. The Morgan fingerprint density at radius 3 is 2.44 bits per heavy atom. The van der Waals surface area contributed by atoms with Crippen molar-refractivity contribution in [2.75, 3.05) is 24.6 Å². The van der Waals surface area contributed by atoms with Crippen LogP contribution in [0.2, 0.25) is 0 Å². The van der Waals surface area contributed by atoms with E-state index < -0.39 is 11.7 Å². The lowest BCUT2D eigenvalue weighted by Crippen LogP contribution is -2.52. The number of carbonyl (C=O) groups excluding carboxylic acids is 1. The minimum Gasteiger partial charge on any atom is -0.489 e. The lowest BCUT2D eigenvalue weighted by molar-refractivity contribution is -0.158. The number of aryl methyl sites for hydroxylation is 1. The molecule has 1 atom stereocenters. The molecule has 0 radical (unpaired) electrons. The smallest absolute Gasteiger partial charge is 0.408 e. The van der Waals surface area contributed by atoms with Gasteiger partial charge in [0, 0.05) is 18.8 Å². The van der Waals surface area contributed by atoms with Gasteiger partial charge in [-0.05, 0) is 112 Å². The number of anilines is 1. The largest absolute Gasteiger partial charge is 0.489 e. The molecule has 6 nitrogen and oxygen atoms in total. The first-order chi connectivity index (χ1) is 19.6. The van der Waals surface area contributed by atoms with Crippen molar-refractivity contribution in [1.29, 1.82) is 0 Å². The minimum atomic E-state index is -0.541. The summed E-state index contributed by atoms with van der Waals surface area (Å²) in [6, 6.07) is 23.2. The van der Waals surface area contributed by atoms with Crippen molar-refractivity contribution in [2.45, 2.75) is 84.2 Å². The van der Waals surface area contributed by atoms with Crippen molar-refractivity contribution in [3.63, 3.8) is 0 Å². The molecule has 1 amide bonds. The lowest BCUT2D eigenvalue weighted by Gasteiger charge is -2.48. The average Bonchev–Trinajstić information content (AvgIpc) is 2.94. The highest BCUT2D eigenvalue weighted by molar-refractivity contribution is 5.72. The molecule has 0 saturated carbocycles. The van der Waals surface area contributed by atoms with Crippen LogP contribution in [0, 0.1) is 0 Å². The number of para-hydroxylation sites is 1. The summed E-state index contributed by atoms with van der Waals surface area (Å²) < 4.78 is 17.8. The van der Waals surface area contributed by atoms with E-state index >= 15 is 0 Å². The fraction of sp³-hybridized carbons (Fsp3) is 0.457. The SMILES string of the molecule is CCc1ccccc1OCc1cc(-c2cccc(C(C)NC(=O)OC(C)(C)C)c2)cc(N2CCC3(CCO3)CC2)c1. The standard InChI is InChI=1S/C35H44N2O4/c1-6-27-10-7-8-13-32(27)39-24-26-20-30(23-31(21-26)37-17-14-35(15-18-37)16-19-40-35)29-12-9-11-28(22-29)25(2)36-33(38)41-34(3,4)5/h7-13,20-23,25H,6,14-19,24H2,1-5H3,(H,36,38). The van der Waals surface area contributed by atoms with Crippen LogP contribution in [-0.4, -0.2) is 37.0 Å². The quantitative estimate of drug-likeness (QED) is 0.306. The van der Waals surface area contributed by atoms with E-state index in [4.69, 9.17) is 14.2 Å². The molecule has 0 bridgehead atoms. The highest BCUT2D eigenvalue weighted by Gasteiger charge is 2.41. The zero-order chi connectivity index (χ0) is 29.0. The summed E-state index contributed by atoms with van der Waals surface area (Å²) in [5.74, 6) is 0.938. The summed E-state index contributed by atoms with van der Waals surface area (Å²) in [4.78, 5) is 14.9. The second-order valence-electron chi connectivity index (χ2n) is 12.4. The van der Waals surface area contributed by atoms with Crippen molar-refractivity contribution < 1.29 is 19.0 Å². The van der Waals surface area contributed by atoms with Gasteiger partial charge in [-0.2, -0.15) is 0 Å². The van der Waals surface area contributed by atoms with E-state index in [1.54, 1.807) is 0 Å². The molecule has 1 unspecified atom stereocenters. The number of ether oxygens (including phenoxy) is 3. The van der Waals surface area contributed by atoms with Crippen LogP contribution in [0.3, 0.4) is 0 Å². The maximum atomic E-state index is 12.4. The van der Waals surface area contributed by atoms with Crippen molar-refractivity contribution in [3.8, 4) is 16.9 Å². The Morgan fingerprint density at radius 1 is 1.00 bits per heavy atom. The normalized spacial score (nSPS) is 17.0. The Balaban J connectivity index is 1.40. The number of benzene rings is 3. The van der Waals surface area contributed by atoms with Crippen LogP contribution < -0.4 is 15.0 Å². The third kappa shape index (κ3) is 7.23. The second kappa shape index (κ2) is 12.2. The van der Waals surface area contributed by atoms with E-state index in [1.807, 2.05) is 39.8 Å². The number of nitrogens with zero attached hydrogens (tertiary/aromatic N) is 1. The molecular formula is C35H44N2O4. The van der Waals surface area contributed by atoms with Gasteiger partial charge in [-0.1, -0.05) is 43.3 Å². The van der Waals surface area contributed by atoms with E-state index in [0.717, 1.165) is 67.0 Å². The number of carbonyl (C=O) groups is 1. The van der Waals surface area contributed by atoms with Crippen LogP contribution in [0.15, 0.2) is 66.7 Å². The monoisotopic (exact) mass is 556 g/mol. The van der Waals surface area contributed by atoms with Crippen LogP contribution in [0.5, 0.6) is 5.75 Å². The topological polar surface area (TPSA) is 60.0 Å². The minimum absolute atomic E-state index is 0.107. The van der Waals surface area contributed by atoms with E-state index in [0.29, 0.717) is 6.61 Å². The molecule has 2 fully saturated rings. The molecule has 218 valence electrons. The Bertz CT molecular complexity index is 1350. The maximum absolute atomic E-state index is 12.4. The zero-order valence-corrected chi connectivity index (χ0v) is 25.2. The number of amides is 1. The number of hydrogen-bond acceptors (Lipinski definition) is 5. The summed E-state index contributed by atoms with van der Waals surface area (Å²) in [7, 11) is 0. The number of alkyl carbamates (subject to hydrolysis) is 1. The van der Waals surface area contributed by atoms with Crippen molar-refractivity contribution in [1.82, 2.24) is 5.32 Å². The van der Waals surface area contributed by atoms with E-state index in [2.05, 4.69) is 71.7 Å². The molecule has 2 saturated heterocycles. The van der Waals surface area contributed by atoms with E-state index in [1.165, 1.54) is 17.7 Å². The third-order valence-electron chi connectivity index (χ3n) is 8.18. The Labute approximate surface area is 245 Å². The fourth-order valence-electron chi connectivity index (χ4n) is 5.72. The predicted octanol–water partition coefficient (Wildman–Crippen LogP) is 7.84. The lowest BCUT2D eigenvalue weighted by atomic mass is 9.84. The van der Waals surface area contributed by atoms with Gasteiger partial charge in [0.05, 0.1) is 18.2 Å². The Hall–Kier alpha value is -3.51. The van der Waals surface area contributed by atoms with Crippen LogP contribution in [-0.2, 0) is 22.5 Å². The molecule has 2 heterocycles. The van der Waals surface area contributed by atoms with Gasteiger partial charge in [0.15, 0.2) is 0 Å². The average molecular weight is 557 g/mol. The zero-order valence-electron chi connectivity index (χ0n) is 25.2. The Kier molecular flexibility index (Phi) is 8.60. The number of piperidine rings is 1. The molecule has 0 aromatic heterocycles. The molecule has 6 heteroatoms. The predicted molar refractivity (Wildman–Crippen MR) is 165 cm³/mol. The summed E-state index contributed by atoms with van der Waals surface area (Å²) in [6.07, 6.45) is 3.83. The van der Waals surface area contributed by atoms with E-state index in [9.17, 15) is 4.79 Å². The van der Waals surface area contributed by atoms with Crippen LogP contribution in [0.4, 0.5) is 10.5 Å². The third-order valence-corrected chi connectivity index (χ3v) is 8.18. The van der Waals surface area contributed by atoms with Crippen molar-refractivity contribution in [2.24, 2.45) is 0 Å². The van der Waals surface area contributed by atoms with Crippen molar-refractivity contribution in [3.05, 3.63) is 83.4 Å². The molecule has 41 heavy (non-hydrogen) atoms. The van der Waals surface area contributed by atoms with Gasteiger partial charge in [-0.15, -0.1) is 0 Å². The van der Waals surface area contributed by atoms with Crippen LogP contribution in [0.1, 0.15) is 76.6 Å². The molecule has 0 aliphatic carbocycles. The number of nitrogens with one attached hydrogen (secondary N) is 1. The van der Waals surface area contributed by atoms with Gasteiger partial charge >= 0.3 is 6.09 Å². The molecular weight excluding hydrogens is 512 g/mol. The van der Waals surface area contributed by atoms with Crippen LogP contribution >= 0.6 is 0 Å². The first-order valence-corrected chi connectivity index (χ1v) is 15.0. The summed E-state index contributed by atoms with van der Waals surface area (Å²) in [5, 5.41) is 2.97. The van der Waals surface area contributed by atoms with E-state index in [-0.39, 0.29) is 11.6 Å². The molecule has 3 aromatic carbocycles. The first kappa shape index (κ1) is 29.0. The van der Waals surface area contributed by atoms with Gasteiger partial charge in [-0.25, -0.2) is 4.79 Å². The second-order valence-corrected chi connectivity index (χ2v) is 12.4. The maximum Gasteiger partial charge on any atom is 0.408 e. The Morgan fingerprint density at radius 2 is 1.76 bits per heavy atom. The molecule has 5 rings (SSSR count). The fourth-order valence-corrected chi connectivity index (χ4v) is 5.72. The molecule has 2 aliphatic heterocycles. The molecule has 1 spiro atoms. The number of rotatable bonds is 8. The van der Waals surface area contributed by atoms with Gasteiger partial charge in [-0.3, -0.25) is 0 Å². The molecule has 1 N–H and O–H groups in total. The van der Waals surface area contributed by atoms with Crippen molar-refractivity contribution >= 4 is 11.8 Å². The highest BCUT2D eigenvalue weighted by Crippen LogP contribution is 2.39. The molecule has 2 aliphatic rings. The van der Waals surface area contributed by atoms with Gasteiger partial charge in [0.25, 0.3) is 0 Å². The number of hydrogen-bond donors (Lipinski definition) is 1. The first-order valence-electron chi connectivity index (χ1n) is 15.0. The van der Waals surface area contributed by atoms with Gasteiger partial charge in [0.1, 0.15) is 18.0 Å². The molecule has 3 aromatic rings.